The number of alkyl halides is 3. The van der Waals surface area contributed by atoms with Gasteiger partial charge in [-0.05, 0) is 30.2 Å². The predicted molar refractivity (Wildman–Crippen MR) is 88.0 cm³/mol. The van der Waals surface area contributed by atoms with Crippen molar-refractivity contribution in [2.75, 3.05) is 20.2 Å². The normalized spacial score (nSPS) is 15.4. The molecule has 1 aromatic rings. The van der Waals surface area contributed by atoms with Gasteiger partial charge in [-0.2, -0.15) is 13.2 Å². The molecule has 1 rings (SSSR count). The van der Waals surface area contributed by atoms with Gasteiger partial charge < -0.3 is 20.5 Å². The smallest absolute Gasteiger partial charge is 0.416 e. The van der Waals surface area contributed by atoms with E-state index in [-0.39, 0.29) is 30.7 Å². The summed E-state index contributed by atoms with van der Waals surface area (Å²) >= 11 is 0. The van der Waals surface area contributed by atoms with E-state index in [1.807, 2.05) is 13.8 Å². The van der Waals surface area contributed by atoms with Crippen LogP contribution in [0.15, 0.2) is 24.3 Å². The van der Waals surface area contributed by atoms with E-state index in [9.17, 15) is 23.1 Å². The molecule has 3 unspecified atom stereocenters. The monoisotopic (exact) mass is 362 g/mol. The van der Waals surface area contributed by atoms with Gasteiger partial charge in [-0.15, -0.1) is 0 Å². The number of rotatable bonds is 8. The second kappa shape index (κ2) is 9.05. The van der Waals surface area contributed by atoms with Crippen molar-refractivity contribution in [3.05, 3.63) is 29.8 Å². The number of hydrogen-bond acceptors (Lipinski definition) is 4. The van der Waals surface area contributed by atoms with Crippen molar-refractivity contribution in [2.45, 2.75) is 38.6 Å². The van der Waals surface area contributed by atoms with Gasteiger partial charge in [-0.3, -0.25) is 4.79 Å². The van der Waals surface area contributed by atoms with Crippen LogP contribution in [-0.2, 0) is 11.0 Å². The molecule has 3 N–H and O–H groups in total. The van der Waals surface area contributed by atoms with Gasteiger partial charge >= 0.3 is 6.18 Å². The molecule has 0 saturated heterocycles. The average Bonchev–Trinajstić information content (AvgIpc) is 2.57. The van der Waals surface area contributed by atoms with Crippen LogP contribution in [0.4, 0.5) is 13.2 Å². The highest BCUT2D eigenvalue weighted by atomic mass is 19.4. The minimum atomic E-state index is -4.41. The van der Waals surface area contributed by atoms with Crippen LogP contribution in [0, 0.1) is 5.92 Å². The van der Waals surface area contributed by atoms with Crippen LogP contribution in [0.25, 0.3) is 0 Å². The number of carbonyl (C=O) groups excluding carboxylic acids is 1. The van der Waals surface area contributed by atoms with Crippen molar-refractivity contribution in [2.24, 2.45) is 11.7 Å². The third-order valence-electron chi connectivity index (χ3n) is 4.03. The molecule has 0 spiro atoms. The fourth-order valence-electron chi connectivity index (χ4n) is 2.14. The molecule has 8 heteroatoms. The Morgan fingerprint density at radius 2 is 1.88 bits per heavy atom. The zero-order chi connectivity index (χ0) is 19.2. The van der Waals surface area contributed by atoms with Crippen LogP contribution in [0.3, 0.4) is 0 Å². The van der Waals surface area contributed by atoms with Gasteiger partial charge in [0.1, 0.15) is 18.5 Å². The summed E-state index contributed by atoms with van der Waals surface area (Å²) in [5.41, 5.74) is 5.09. The van der Waals surface area contributed by atoms with Crippen molar-refractivity contribution >= 4 is 5.91 Å². The average molecular weight is 362 g/mol. The van der Waals surface area contributed by atoms with Gasteiger partial charge in [0.15, 0.2) is 0 Å². The number of aliphatic hydroxyl groups is 1. The summed E-state index contributed by atoms with van der Waals surface area (Å²) in [7, 11) is 1.53. The molecular weight excluding hydrogens is 337 g/mol. The zero-order valence-corrected chi connectivity index (χ0v) is 14.6. The maximum absolute atomic E-state index is 12.5. The van der Waals surface area contributed by atoms with Crippen molar-refractivity contribution in [3.8, 4) is 5.75 Å². The number of ether oxygens (including phenoxy) is 1. The SMILES string of the molecule is CCC(C)C(N)C(=O)N(C)CC(O)COc1ccc(C(F)(F)F)cc1. The molecule has 0 fully saturated rings. The minimum Gasteiger partial charge on any atom is -0.491 e. The molecule has 0 heterocycles. The van der Waals surface area contributed by atoms with Crippen LogP contribution < -0.4 is 10.5 Å². The number of nitrogens with zero attached hydrogens (tertiary/aromatic N) is 1. The number of likely N-dealkylation sites (N-methyl/N-ethyl adjacent to an activating group) is 1. The first-order chi connectivity index (χ1) is 11.6. The Hall–Kier alpha value is -1.80. The maximum atomic E-state index is 12.5. The lowest BCUT2D eigenvalue weighted by Crippen LogP contribution is -2.48. The minimum absolute atomic E-state index is 0.0175. The highest BCUT2D eigenvalue weighted by molar-refractivity contribution is 5.81. The first-order valence-corrected chi connectivity index (χ1v) is 8.05. The Bertz CT molecular complexity index is 549. The Balaban J connectivity index is 2.49. The van der Waals surface area contributed by atoms with E-state index in [4.69, 9.17) is 10.5 Å². The molecule has 5 nitrogen and oxygen atoms in total. The summed E-state index contributed by atoms with van der Waals surface area (Å²) in [5, 5.41) is 9.95. The first kappa shape index (κ1) is 21.2. The van der Waals surface area contributed by atoms with Crippen molar-refractivity contribution < 1.29 is 27.8 Å². The molecule has 1 amide bonds. The molecule has 142 valence electrons. The van der Waals surface area contributed by atoms with Crippen LogP contribution in [0.2, 0.25) is 0 Å². The molecule has 0 aliphatic heterocycles. The largest absolute Gasteiger partial charge is 0.491 e. The standard InChI is InChI=1S/C17H25F3N2O3/c1-4-11(2)15(21)16(24)22(3)9-13(23)10-25-14-7-5-12(6-8-14)17(18,19)20/h5-8,11,13,15,23H,4,9-10,21H2,1-3H3. The van der Waals surface area contributed by atoms with Crippen molar-refractivity contribution in [1.29, 1.82) is 0 Å². The fraction of sp³-hybridized carbons (Fsp3) is 0.588. The first-order valence-electron chi connectivity index (χ1n) is 8.05. The van der Waals surface area contributed by atoms with Gasteiger partial charge in [0.05, 0.1) is 11.6 Å². The van der Waals surface area contributed by atoms with Crippen molar-refractivity contribution in [3.63, 3.8) is 0 Å². The number of nitrogens with two attached hydrogens (primary N) is 1. The molecule has 0 radical (unpaired) electrons. The second-order valence-electron chi connectivity index (χ2n) is 6.12. The number of halogens is 3. The van der Waals surface area contributed by atoms with Crippen molar-refractivity contribution in [1.82, 2.24) is 4.90 Å². The van der Waals surface area contributed by atoms with Crippen LogP contribution in [-0.4, -0.2) is 48.3 Å². The number of aliphatic hydroxyl groups excluding tert-OH is 1. The quantitative estimate of drug-likeness (QED) is 0.744. The van der Waals surface area contributed by atoms with Gasteiger partial charge in [-0.25, -0.2) is 0 Å². The van der Waals surface area contributed by atoms with E-state index in [0.717, 1.165) is 18.6 Å². The molecule has 3 atom stereocenters. The number of hydrogen-bond donors (Lipinski definition) is 2. The molecule has 1 aromatic carbocycles. The maximum Gasteiger partial charge on any atom is 0.416 e. The third kappa shape index (κ3) is 6.55. The summed E-state index contributed by atoms with van der Waals surface area (Å²) in [6, 6.07) is 3.54. The summed E-state index contributed by atoms with van der Waals surface area (Å²) in [6.07, 6.45) is -4.63. The van der Waals surface area contributed by atoms with Gasteiger partial charge in [0.25, 0.3) is 0 Å². The van der Waals surface area contributed by atoms with Crippen LogP contribution in [0.1, 0.15) is 25.8 Å². The summed E-state index contributed by atoms with van der Waals surface area (Å²) in [6.45, 7) is 3.68. The van der Waals surface area contributed by atoms with E-state index in [0.29, 0.717) is 0 Å². The number of amides is 1. The summed E-state index contributed by atoms with van der Waals surface area (Å²) in [5.74, 6) is -0.0456. The summed E-state index contributed by atoms with van der Waals surface area (Å²) < 4.78 is 42.7. The molecule has 25 heavy (non-hydrogen) atoms. The lowest BCUT2D eigenvalue weighted by molar-refractivity contribution is -0.137. The zero-order valence-electron chi connectivity index (χ0n) is 14.6. The van der Waals surface area contributed by atoms with E-state index in [1.54, 1.807) is 0 Å². The Labute approximate surface area is 145 Å². The van der Waals surface area contributed by atoms with E-state index < -0.39 is 23.9 Å². The van der Waals surface area contributed by atoms with Gasteiger partial charge in [-0.1, -0.05) is 20.3 Å². The van der Waals surface area contributed by atoms with E-state index in [1.165, 1.54) is 24.1 Å². The molecular formula is C17H25F3N2O3. The van der Waals surface area contributed by atoms with E-state index in [2.05, 4.69) is 0 Å². The van der Waals surface area contributed by atoms with Crippen LogP contribution >= 0.6 is 0 Å². The Morgan fingerprint density at radius 3 is 2.36 bits per heavy atom. The van der Waals surface area contributed by atoms with E-state index >= 15 is 0 Å². The summed E-state index contributed by atoms with van der Waals surface area (Å²) in [4.78, 5) is 13.5. The lowest BCUT2D eigenvalue weighted by Gasteiger charge is -2.26. The van der Waals surface area contributed by atoms with Crippen LogP contribution in [0.5, 0.6) is 5.75 Å². The third-order valence-corrected chi connectivity index (χ3v) is 4.03. The Morgan fingerprint density at radius 1 is 1.32 bits per heavy atom. The lowest BCUT2D eigenvalue weighted by atomic mass is 9.99. The molecule has 0 bridgehead atoms. The highest BCUT2D eigenvalue weighted by Crippen LogP contribution is 2.30. The molecule has 0 saturated carbocycles. The molecule has 0 aromatic heterocycles. The Kier molecular flexibility index (Phi) is 7.69. The number of benzene rings is 1. The second-order valence-corrected chi connectivity index (χ2v) is 6.12. The molecule has 0 aliphatic rings. The molecule has 0 aliphatic carbocycles. The number of carbonyl (C=O) groups is 1. The topological polar surface area (TPSA) is 75.8 Å². The van der Waals surface area contributed by atoms with Gasteiger partial charge in [0.2, 0.25) is 5.91 Å². The highest BCUT2D eigenvalue weighted by Gasteiger charge is 2.30. The predicted octanol–water partition coefficient (Wildman–Crippen LogP) is 2.28. The van der Waals surface area contributed by atoms with Gasteiger partial charge in [0, 0.05) is 13.6 Å². The fourth-order valence-corrected chi connectivity index (χ4v) is 2.14.